The summed E-state index contributed by atoms with van der Waals surface area (Å²) in [6.07, 6.45) is 8.46. The van der Waals surface area contributed by atoms with E-state index in [4.69, 9.17) is 4.42 Å². The van der Waals surface area contributed by atoms with Gasteiger partial charge in [0, 0.05) is 74.8 Å². The molecular weight excluding hydrogens is 412 g/mol. The van der Waals surface area contributed by atoms with Gasteiger partial charge in [0.25, 0.3) is 0 Å². The Balaban J connectivity index is 1.18. The highest BCUT2D eigenvalue weighted by Gasteiger charge is 2.28. The van der Waals surface area contributed by atoms with Gasteiger partial charge in [-0.05, 0) is 56.2 Å². The van der Waals surface area contributed by atoms with Crippen LogP contribution in [0.3, 0.4) is 0 Å². The van der Waals surface area contributed by atoms with Crippen molar-refractivity contribution in [2.24, 2.45) is 11.8 Å². The van der Waals surface area contributed by atoms with Gasteiger partial charge < -0.3 is 14.2 Å². The standard InChI is InChI=1S/C27H34N4O2/c1-19-28-17-27(33-19)22-7-8-23-16-29-25(14-24(23)13-22)15-26(32)21-5-3-20(4-6-21)18-31-11-9-30(2)10-12-31/h7-8,13-14,16-17,20-21H,3-6,9-12,15,18H2,1-2H3. The van der Waals surface area contributed by atoms with Gasteiger partial charge in [0.2, 0.25) is 0 Å². The summed E-state index contributed by atoms with van der Waals surface area (Å²) in [5.74, 6) is 2.70. The molecular formula is C27H34N4O2. The first kappa shape index (κ1) is 22.2. The summed E-state index contributed by atoms with van der Waals surface area (Å²) in [5.41, 5.74) is 1.85. The number of Topliss-reactive ketones (excluding diaryl/α,β-unsaturated/α-hetero) is 1. The molecule has 1 aliphatic carbocycles. The summed E-state index contributed by atoms with van der Waals surface area (Å²) in [5, 5.41) is 2.14. The van der Waals surface area contributed by atoms with Gasteiger partial charge in [-0.2, -0.15) is 0 Å². The molecule has 2 aromatic heterocycles. The highest BCUT2D eigenvalue weighted by Crippen LogP contribution is 2.31. The first-order chi connectivity index (χ1) is 16.0. The average Bonchev–Trinajstić information content (AvgIpc) is 3.27. The van der Waals surface area contributed by atoms with E-state index in [0.717, 1.165) is 46.5 Å². The SMILES string of the molecule is Cc1ncc(-c2ccc3cnc(CC(=O)C4CCC(CN5CCN(C)CC5)CC4)cc3c2)o1. The number of pyridine rings is 1. The Morgan fingerprint density at radius 3 is 2.52 bits per heavy atom. The number of hydrogen-bond acceptors (Lipinski definition) is 6. The molecule has 6 nitrogen and oxygen atoms in total. The third-order valence-corrected chi connectivity index (χ3v) is 7.45. The van der Waals surface area contributed by atoms with Crippen LogP contribution >= 0.6 is 0 Å². The van der Waals surface area contributed by atoms with Crippen LogP contribution in [0.1, 0.15) is 37.3 Å². The van der Waals surface area contributed by atoms with E-state index in [1.165, 1.54) is 45.6 Å². The molecule has 0 unspecified atom stereocenters. The summed E-state index contributed by atoms with van der Waals surface area (Å²) in [6, 6.07) is 8.21. The first-order valence-corrected chi connectivity index (χ1v) is 12.3. The zero-order valence-corrected chi connectivity index (χ0v) is 19.8. The molecule has 0 N–H and O–H groups in total. The molecule has 0 bridgehead atoms. The smallest absolute Gasteiger partial charge is 0.191 e. The van der Waals surface area contributed by atoms with Crippen LogP contribution in [0.4, 0.5) is 0 Å². The van der Waals surface area contributed by atoms with E-state index in [0.29, 0.717) is 18.1 Å². The van der Waals surface area contributed by atoms with Gasteiger partial charge in [-0.3, -0.25) is 9.78 Å². The summed E-state index contributed by atoms with van der Waals surface area (Å²) >= 11 is 0. The molecule has 5 rings (SSSR count). The molecule has 0 atom stereocenters. The number of carbonyl (C=O) groups excluding carboxylic acids is 1. The topological polar surface area (TPSA) is 62.5 Å². The number of hydrogen-bond donors (Lipinski definition) is 0. The molecule has 1 aliphatic heterocycles. The Kier molecular flexibility index (Phi) is 6.56. The zero-order valence-electron chi connectivity index (χ0n) is 19.8. The maximum absolute atomic E-state index is 13.0. The predicted octanol–water partition coefficient (Wildman–Crippen LogP) is 4.36. The molecule has 3 heterocycles. The van der Waals surface area contributed by atoms with Gasteiger partial charge in [-0.1, -0.05) is 12.1 Å². The van der Waals surface area contributed by atoms with Crippen molar-refractivity contribution >= 4 is 16.6 Å². The average molecular weight is 447 g/mol. The monoisotopic (exact) mass is 446 g/mol. The van der Waals surface area contributed by atoms with Crippen molar-refractivity contribution in [2.75, 3.05) is 39.8 Å². The number of carbonyl (C=O) groups is 1. The normalized spacial score (nSPS) is 22.6. The molecule has 0 radical (unpaired) electrons. The Morgan fingerprint density at radius 1 is 1.00 bits per heavy atom. The van der Waals surface area contributed by atoms with E-state index in [1.807, 2.05) is 25.3 Å². The molecule has 2 aliphatic rings. The number of ketones is 1. The number of rotatable bonds is 6. The van der Waals surface area contributed by atoms with Crippen LogP contribution in [0.5, 0.6) is 0 Å². The van der Waals surface area contributed by atoms with Crippen LogP contribution in [-0.4, -0.2) is 65.3 Å². The maximum Gasteiger partial charge on any atom is 0.191 e. The van der Waals surface area contributed by atoms with E-state index in [-0.39, 0.29) is 5.92 Å². The van der Waals surface area contributed by atoms with Gasteiger partial charge in [0.15, 0.2) is 11.7 Å². The van der Waals surface area contributed by atoms with Crippen LogP contribution in [0.15, 0.2) is 41.1 Å². The Hall–Kier alpha value is -2.57. The highest BCUT2D eigenvalue weighted by molar-refractivity contribution is 5.88. The van der Waals surface area contributed by atoms with Crippen molar-refractivity contribution in [3.8, 4) is 11.3 Å². The minimum Gasteiger partial charge on any atom is -0.441 e. The Morgan fingerprint density at radius 2 is 1.79 bits per heavy atom. The van der Waals surface area contributed by atoms with Crippen molar-refractivity contribution in [1.82, 2.24) is 19.8 Å². The summed E-state index contributed by atoms with van der Waals surface area (Å²) in [4.78, 5) is 26.8. The molecule has 0 spiro atoms. The second-order valence-electron chi connectivity index (χ2n) is 9.95. The Bertz CT molecular complexity index is 1110. The van der Waals surface area contributed by atoms with Crippen molar-refractivity contribution in [1.29, 1.82) is 0 Å². The van der Waals surface area contributed by atoms with E-state index < -0.39 is 0 Å². The lowest BCUT2D eigenvalue weighted by Gasteiger charge is -2.36. The van der Waals surface area contributed by atoms with Crippen LogP contribution in [0, 0.1) is 18.8 Å². The molecule has 174 valence electrons. The molecule has 6 heteroatoms. The summed E-state index contributed by atoms with van der Waals surface area (Å²) < 4.78 is 5.67. The van der Waals surface area contributed by atoms with E-state index in [9.17, 15) is 4.79 Å². The lowest BCUT2D eigenvalue weighted by atomic mass is 9.79. The molecule has 1 aromatic carbocycles. The number of aryl methyl sites for hydroxylation is 1. The fourth-order valence-corrected chi connectivity index (χ4v) is 5.32. The van der Waals surface area contributed by atoms with Gasteiger partial charge in [-0.25, -0.2) is 4.98 Å². The van der Waals surface area contributed by atoms with Gasteiger partial charge in [-0.15, -0.1) is 0 Å². The third-order valence-electron chi connectivity index (χ3n) is 7.45. The van der Waals surface area contributed by atoms with Crippen LogP contribution in [0.25, 0.3) is 22.1 Å². The minimum atomic E-state index is 0.190. The van der Waals surface area contributed by atoms with Gasteiger partial charge in [0.05, 0.1) is 6.20 Å². The zero-order chi connectivity index (χ0) is 22.8. The van der Waals surface area contributed by atoms with E-state index in [2.05, 4.69) is 38.9 Å². The number of piperazine rings is 1. The fourth-order valence-electron chi connectivity index (χ4n) is 5.32. The highest BCUT2D eigenvalue weighted by atomic mass is 16.4. The van der Waals surface area contributed by atoms with Crippen LogP contribution in [0.2, 0.25) is 0 Å². The van der Waals surface area contributed by atoms with Gasteiger partial charge >= 0.3 is 0 Å². The molecule has 2 fully saturated rings. The molecule has 33 heavy (non-hydrogen) atoms. The number of aromatic nitrogens is 2. The lowest BCUT2D eigenvalue weighted by Crippen LogP contribution is -2.46. The van der Waals surface area contributed by atoms with Crippen molar-refractivity contribution < 1.29 is 9.21 Å². The van der Waals surface area contributed by atoms with Crippen molar-refractivity contribution in [2.45, 2.75) is 39.0 Å². The number of benzene rings is 1. The number of fused-ring (bicyclic) bond motifs is 1. The molecule has 1 saturated heterocycles. The number of oxazole rings is 1. The third kappa shape index (κ3) is 5.33. The maximum atomic E-state index is 13.0. The lowest BCUT2D eigenvalue weighted by molar-refractivity contribution is -0.123. The summed E-state index contributed by atoms with van der Waals surface area (Å²) in [7, 11) is 2.20. The largest absolute Gasteiger partial charge is 0.441 e. The minimum absolute atomic E-state index is 0.190. The summed E-state index contributed by atoms with van der Waals surface area (Å²) in [6.45, 7) is 7.76. The fraction of sp³-hybridized carbons (Fsp3) is 0.519. The predicted molar refractivity (Wildman–Crippen MR) is 130 cm³/mol. The van der Waals surface area contributed by atoms with Crippen LogP contribution < -0.4 is 0 Å². The van der Waals surface area contributed by atoms with E-state index in [1.54, 1.807) is 6.20 Å². The molecule has 0 amide bonds. The number of nitrogens with zero attached hydrogens (tertiary/aromatic N) is 4. The van der Waals surface area contributed by atoms with Crippen molar-refractivity contribution in [3.05, 3.63) is 48.2 Å². The number of likely N-dealkylation sites (N-methyl/N-ethyl adjacent to an activating group) is 1. The first-order valence-electron chi connectivity index (χ1n) is 12.3. The Labute approximate surface area is 196 Å². The molecule has 3 aromatic rings. The van der Waals surface area contributed by atoms with Crippen molar-refractivity contribution in [3.63, 3.8) is 0 Å². The van der Waals surface area contributed by atoms with E-state index >= 15 is 0 Å². The second-order valence-corrected chi connectivity index (χ2v) is 9.95. The van der Waals surface area contributed by atoms with Gasteiger partial charge in [0.1, 0.15) is 5.78 Å². The second kappa shape index (κ2) is 9.74. The molecule has 1 saturated carbocycles. The quantitative estimate of drug-likeness (QED) is 0.561. The van der Waals surface area contributed by atoms with Crippen LogP contribution in [-0.2, 0) is 11.2 Å².